The first kappa shape index (κ1) is 11.4. The predicted molar refractivity (Wildman–Crippen MR) is 70.6 cm³/mol. The molecule has 0 unspecified atom stereocenters. The van der Waals surface area contributed by atoms with Crippen LogP contribution in [0.25, 0.3) is 21.7 Å². The van der Waals surface area contributed by atoms with Crippen LogP contribution in [0.5, 0.6) is 0 Å². The summed E-state index contributed by atoms with van der Waals surface area (Å²) in [6, 6.07) is 5.89. The van der Waals surface area contributed by atoms with Gasteiger partial charge in [0.15, 0.2) is 11.5 Å². The van der Waals surface area contributed by atoms with Gasteiger partial charge in [0.2, 0.25) is 0 Å². The Bertz CT molecular complexity index is 687. The highest BCUT2D eigenvalue weighted by atomic mass is 32.1. The zero-order chi connectivity index (χ0) is 12.5. The number of aromatic nitrogens is 2. The van der Waals surface area contributed by atoms with Gasteiger partial charge in [-0.15, -0.1) is 11.3 Å². The summed E-state index contributed by atoms with van der Waals surface area (Å²) >= 11 is 1.57. The Morgan fingerprint density at radius 1 is 1.33 bits per heavy atom. The third kappa shape index (κ3) is 2.02. The number of oxazole rings is 1. The van der Waals surface area contributed by atoms with Crippen molar-refractivity contribution in [3.8, 4) is 10.6 Å². The monoisotopic (exact) mass is 260 g/mol. The second-order valence-electron chi connectivity index (χ2n) is 4.03. The second-order valence-corrected chi connectivity index (χ2v) is 4.89. The molecule has 18 heavy (non-hydrogen) atoms. The molecule has 0 atom stereocenters. The minimum Gasteiger partial charge on any atom is -0.441 e. The summed E-state index contributed by atoms with van der Waals surface area (Å²) in [4.78, 5) is 8.75. The molecule has 0 saturated carbocycles. The molecule has 0 bridgehead atoms. The summed E-state index contributed by atoms with van der Waals surface area (Å²) < 4.78 is 5.51. The number of nitrogens with zero attached hydrogens (tertiary/aromatic N) is 2. The Morgan fingerprint density at radius 2 is 2.22 bits per heavy atom. The SMILES string of the molecule is Cc1nc2ccc(-c3nc(CCO)cs3)cc2o1. The summed E-state index contributed by atoms with van der Waals surface area (Å²) in [5, 5.41) is 11.8. The van der Waals surface area contributed by atoms with Gasteiger partial charge >= 0.3 is 0 Å². The molecular formula is C13H12N2O2S. The Hall–Kier alpha value is -1.72. The van der Waals surface area contributed by atoms with Crippen LogP contribution in [0.1, 0.15) is 11.6 Å². The van der Waals surface area contributed by atoms with Crippen molar-refractivity contribution in [1.29, 1.82) is 0 Å². The third-order valence-electron chi connectivity index (χ3n) is 2.66. The Kier molecular flexibility index (Phi) is 2.85. The Morgan fingerprint density at radius 3 is 3.06 bits per heavy atom. The molecule has 5 heteroatoms. The first-order valence-electron chi connectivity index (χ1n) is 5.69. The third-order valence-corrected chi connectivity index (χ3v) is 3.60. The summed E-state index contributed by atoms with van der Waals surface area (Å²) in [6.07, 6.45) is 0.597. The highest BCUT2D eigenvalue weighted by Crippen LogP contribution is 2.27. The van der Waals surface area contributed by atoms with E-state index in [9.17, 15) is 0 Å². The summed E-state index contributed by atoms with van der Waals surface area (Å²) in [5.41, 5.74) is 3.59. The van der Waals surface area contributed by atoms with Gasteiger partial charge in [0.1, 0.15) is 10.5 Å². The van der Waals surface area contributed by atoms with E-state index >= 15 is 0 Å². The molecule has 0 amide bonds. The van der Waals surface area contributed by atoms with Crippen molar-refractivity contribution in [3.05, 3.63) is 35.2 Å². The molecule has 92 valence electrons. The molecule has 0 aliphatic rings. The lowest BCUT2D eigenvalue weighted by Crippen LogP contribution is -1.90. The molecule has 2 heterocycles. The highest BCUT2D eigenvalue weighted by molar-refractivity contribution is 7.13. The van der Waals surface area contributed by atoms with Crippen LogP contribution in [0.4, 0.5) is 0 Å². The predicted octanol–water partition coefficient (Wildman–Crippen LogP) is 2.79. The first-order valence-corrected chi connectivity index (χ1v) is 6.57. The fourth-order valence-corrected chi connectivity index (χ4v) is 2.69. The van der Waals surface area contributed by atoms with Crippen LogP contribution >= 0.6 is 11.3 Å². The van der Waals surface area contributed by atoms with E-state index in [1.807, 2.05) is 30.5 Å². The number of fused-ring (bicyclic) bond motifs is 1. The van der Waals surface area contributed by atoms with Gasteiger partial charge in [-0.3, -0.25) is 0 Å². The molecule has 3 aromatic rings. The van der Waals surface area contributed by atoms with Gasteiger partial charge in [0.25, 0.3) is 0 Å². The Balaban J connectivity index is 2.01. The van der Waals surface area contributed by atoms with Crippen LogP contribution in [0.3, 0.4) is 0 Å². The van der Waals surface area contributed by atoms with Crippen LogP contribution in [-0.4, -0.2) is 21.7 Å². The molecule has 1 N–H and O–H groups in total. The molecule has 0 fully saturated rings. The molecule has 0 aliphatic heterocycles. The second kappa shape index (κ2) is 4.51. The highest BCUT2D eigenvalue weighted by Gasteiger charge is 2.08. The van der Waals surface area contributed by atoms with E-state index in [-0.39, 0.29) is 6.61 Å². The van der Waals surface area contributed by atoms with Gasteiger partial charge in [-0.25, -0.2) is 9.97 Å². The van der Waals surface area contributed by atoms with E-state index in [4.69, 9.17) is 9.52 Å². The maximum Gasteiger partial charge on any atom is 0.192 e. The lowest BCUT2D eigenvalue weighted by Gasteiger charge is -1.95. The minimum atomic E-state index is 0.128. The van der Waals surface area contributed by atoms with Crippen LogP contribution < -0.4 is 0 Å². The molecule has 0 aliphatic carbocycles. The van der Waals surface area contributed by atoms with Crippen molar-refractivity contribution >= 4 is 22.4 Å². The average molecular weight is 260 g/mol. The zero-order valence-electron chi connectivity index (χ0n) is 9.88. The van der Waals surface area contributed by atoms with Crippen molar-refractivity contribution in [2.75, 3.05) is 6.61 Å². The smallest absolute Gasteiger partial charge is 0.192 e. The molecule has 3 rings (SSSR count). The quantitative estimate of drug-likeness (QED) is 0.786. The van der Waals surface area contributed by atoms with Crippen molar-refractivity contribution in [2.45, 2.75) is 13.3 Å². The number of aliphatic hydroxyl groups excluding tert-OH is 1. The number of hydrogen-bond acceptors (Lipinski definition) is 5. The van der Waals surface area contributed by atoms with E-state index in [0.29, 0.717) is 12.3 Å². The summed E-state index contributed by atoms with van der Waals surface area (Å²) in [7, 11) is 0. The molecule has 4 nitrogen and oxygen atoms in total. The largest absolute Gasteiger partial charge is 0.441 e. The van der Waals surface area contributed by atoms with E-state index in [1.54, 1.807) is 11.3 Å². The van der Waals surface area contributed by atoms with E-state index in [0.717, 1.165) is 27.4 Å². The standard InChI is InChI=1S/C13H12N2O2S/c1-8-14-11-3-2-9(6-12(11)17-8)13-15-10(4-5-16)7-18-13/h2-3,6-7,16H,4-5H2,1H3. The molecule has 0 radical (unpaired) electrons. The van der Waals surface area contributed by atoms with Gasteiger partial charge in [-0.1, -0.05) is 0 Å². The number of thiazole rings is 1. The van der Waals surface area contributed by atoms with E-state index in [1.165, 1.54) is 0 Å². The maximum atomic E-state index is 8.88. The average Bonchev–Trinajstić information content (AvgIpc) is 2.93. The van der Waals surface area contributed by atoms with E-state index in [2.05, 4.69) is 9.97 Å². The van der Waals surface area contributed by atoms with Crippen molar-refractivity contribution in [2.24, 2.45) is 0 Å². The number of hydrogen-bond donors (Lipinski definition) is 1. The fourth-order valence-electron chi connectivity index (χ4n) is 1.84. The van der Waals surface area contributed by atoms with Gasteiger partial charge in [0.05, 0.1) is 5.69 Å². The fraction of sp³-hybridized carbons (Fsp3) is 0.231. The summed E-state index contributed by atoms with van der Waals surface area (Å²) in [6.45, 7) is 1.96. The van der Waals surface area contributed by atoms with Crippen molar-refractivity contribution in [3.63, 3.8) is 0 Å². The molecule has 2 aromatic heterocycles. The number of aliphatic hydroxyl groups is 1. The normalized spacial score (nSPS) is 11.2. The lowest BCUT2D eigenvalue weighted by molar-refractivity contribution is 0.298. The van der Waals surface area contributed by atoms with Crippen LogP contribution in [-0.2, 0) is 6.42 Å². The van der Waals surface area contributed by atoms with Gasteiger partial charge in [-0.05, 0) is 18.2 Å². The van der Waals surface area contributed by atoms with Gasteiger partial charge < -0.3 is 9.52 Å². The van der Waals surface area contributed by atoms with Crippen molar-refractivity contribution in [1.82, 2.24) is 9.97 Å². The van der Waals surface area contributed by atoms with Gasteiger partial charge in [-0.2, -0.15) is 0 Å². The van der Waals surface area contributed by atoms with Crippen molar-refractivity contribution < 1.29 is 9.52 Å². The topological polar surface area (TPSA) is 59.2 Å². The molecular weight excluding hydrogens is 248 g/mol. The van der Waals surface area contributed by atoms with Crippen LogP contribution in [0, 0.1) is 6.92 Å². The summed E-state index contributed by atoms with van der Waals surface area (Å²) in [5.74, 6) is 0.669. The number of aryl methyl sites for hydroxylation is 1. The Labute approximate surface area is 108 Å². The minimum absolute atomic E-state index is 0.128. The first-order chi connectivity index (χ1) is 8.76. The number of rotatable bonds is 3. The van der Waals surface area contributed by atoms with Crippen LogP contribution in [0.2, 0.25) is 0 Å². The molecule has 0 spiro atoms. The van der Waals surface area contributed by atoms with E-state index < -0.39 is 0 Å². The maximum absolute atomic E-state index is 8.88. The molecule has 0 saturated heterocycles. The lowest BCUT2D eigenvalue weighted by atomic mass is 10.2. The molecule has 1 aromatic carbocycles. The number of benzene rings is 1. The zero-order valence-corrected chi connectivity index (χ0v) is 10.7. The van der Waals surface area contributed by atoms with Crippen LogP contribution in [0.15, 0.2) is 28.0 Å². The van der Waals surface area contributed by atoms with Gasteiger partial charge in [0, 0.05) is 30.9 Å².